The molecule has 6 heteroatoms. The SMILES string of the molecule is COc1ccc([N+](=O)[O-])c(NCCC2=CCCCC2)n1. The summed E-state index contributed by atoms with van der Waals surface area (Å²) in [6.07, 6.45) is 7.96. The molecule has 1 aliphatic carbocycles. The molecule has 0 radical (unpaired) electrons. The molecule has 0 aromatic carbocycles. The highest BCUT2D eigenvalue weighted by Crippen LogP contribution is 2.25. The number of hydrogen-bond acceptors (Lipinski definition) is 5. The number of anilines is 1. The van der Waals surface area contributed by atoms with Gasteiger partial charge in [-0.15, -0.1) is 0 Å². The Bertz CT molecular complexity index is 514. The predicted octanol–water partition coefficient (Wildman–Crippen LogP) is 3.30. The van der Waals surface area contributed by atoms with Crippen LogP contribution >= 0.6 is 0 Å². The van der Waals surface area contributed by atoms with Crippen LogP contribution in [-0.4, -0.2) is 23.6 Å². The minimum absolute atomic E-state index is 0.0246. The van der Waals surface area contributed by atoms with E-state index in [1.54, 1.807) is 0 Å². The molecule has 0 bridgehead atoms. The third-order valence-corrected chi connectivity index (χ3v) is 3.38. The van der Waals surface area contributed by atoms with Crippen LogP contribution in [0.3, 0.4) is 0 Å². The quantitative estimate of drug-likeness (QED) is 0.490. The van der Waals surface area contributed by atoms with Gasteiger partial charge in [0.15, 0.2) is 0 Å². The average molecular weight is 277 g/mol. The summed E-state index contributed by atoms with van der Waals surface area (Å²) in [7, 11) is 1.49. The second kappa shape index (κ2) is 6.88. The van der Waals surface area contributed by atoms with Crippen molar-refractivity contribution >= 4 is 11.5 Å². The standard InChI is InChI=1S/C14H19N3O3/c1-20-13-8-7-12(17(18)19)14(16-13)15-10-9-11-5-3-2-4-6-11/h5,7-8H,2-4,6,9-10H2,1H3,(H,15,16). The van der Waals surface area contributed by atoms with E-state index in [1.165, 1.54) is 37.7 Å². The molecule has 0 saturated heterocycles. The summed E-state index contributed by atoms with van der Waals surface area (Å²) in [6.45, 7) is 0.646. The van der Waals surface area contributed by atoms with Crippen molar-refractivity contribution in [2.45, 2.75) is 32.1 Å². The fraction of sp³-hybridized carbons (Fsp3) is 0.500. The van der Waals surface area contributed by atoms with E-state index in [-0.39, 0.29) is 11.5 Å². The van der Waals surface area contributed by atoms with E-state index in [2.05, 4.69) is 16.4 Å². The van der Waals surface area contributed by atoms with E-state index < -0.39 is 4.92 Å². The molecule has 0 unspecified atom stereocenters. The lowest BCUT2D eigenvalue weighted by Crippen LogP contribution is -2.08. The van der Waals surface area contributed by atoms with Crippen molar-refractivity contribution in [3.63, 3.8) is 0 Å². The van der Waals surface area contributed by atoms with Crippen LogP contribution in [0, 0.1) is 10.1 Å². The van der Waals surface area contributed by atoms with Crippen LogP contribution in [0.15, 0.2) is 23.8 Å². The van der Waals surface area contributed by atoms with Crippen molar-refractivity contribution in [2.75, 3.05) is 19.0 Å². The van der Waals surface area contributed by atoms with Crippen molar-refractivity contribution in [1.82, 2.24) is 4.98 Å². The number of nitro groups is 1. The average Bonchev–Trinajstić information content (AvgIpc) is 2.48. The van der Waals surface area contributed by atoms with Gasteiger partial charge in [0.1, 0.15) is 0 Å². The second-order valence-corrected chi connectivity index (χ2v) is 4.76. The van der Waals surface area contributed by atoms with Crippen LogP contribution in [0.5, 0.6) is 5.88 Å². The number of hydrogen-bond donors (Lipinski definition) is 1. The first kappa shape index (κ1) is 14.3. The smallest absolute Gasteiger partial charge is 0.311 e. The van der Waals surface area contributed by atoms with Crippen LogP contribution in [0.2, 0.25) is 0 Å². The van der Waals surface area contributed by atoms with Gasteiger partial charge in [0.05, 0.1) is 12.0 Å². The molecule has 0 saturated carbocycles. The normalized spacial score (nSPS) is 14.6. The number of aromatic nitrogens is 1. The van der Waals surface area contributed by atoms with Gasteiger partial charge in [-0.3, -0.25) is 10.1 Å². The summed E-state index contributed by atoms with van der Waals surface area (Å²) in [5.41, 5.74) is 1.40. The highest BCUT2D eigenvalue weighted by atomic mass is 16.6. The molecule has 20 heavy (non-hydrogen) atoms. The molecule has 1 aromatic rings. The number of nitrogens with zero attached hydrogens (tertiary/aromatic N) is 2. The molecule has 1 heterocycles. The largest absolute Gasteiger partial charge is 0.481 e. The minimum atomic E-state index is -0.436. The molecule has 0 aliphatic heterocycles. The summed E-state index contributed by atoms with van der Waals surface area (Å²) in [5, 5.41) is 14.0. The van der Waals surface area contributed by atoms with Gasteiger partial charge in [-0.05, 0) is 32.1 Å². The maximum Gasteiger partial charge on any atom is 0.311 e. The van der Waals surface area contributed by atoms with E-state index in [1.807, 2.05) is 0 Å². The number of allylic oxidation sites excluding steroid dienone is 1. The molecular weight excluding hydrogens is 258 g/mol. The van der Waals surface area contributed by atoms with E-state index >= 15 is 0 Å². The summed E-state index contributed by atoms with van der Waals surface area (Å²) in [6, 6.07) is 2.90. The highest BCUT2D eigenvalue weighted by molar-refractivity contribution is 5.57. The lowest BCUT2D eigenvalue weighted by molar-refractivity contribution is -0.384. The van der Waals surface area contributed by atoms with Crippen molar-refractivity contribution in [3.8, 4) is 5.88 Å². The van der Waals surface area contributed by atoms with Gasteiger partial charge in [0.2, 0.25) is 11.7 Å². The second-order valence-electron chi connectivity index (χ2n) is 4.76. The lowest BCUT2D eigenvalue weighted by Gasteiger charge is -2.13. The topological polar surface area (TPSA) is 77.3 Å². The summed E-state index contributed by atoms with van der Waals surface area (Å²) >= 11 is 0. The Kier molecular flexibility index (Phi) is 4.92. The molecular formula is C14H19N3O3. The molecule has 0 amide bonds. The van der Waals surface area contributed by atoms with E-state index in [4.69, 9.17) is 4.74 Å². The lowest BCUT2D eigenvalue weighted by atomic mass is 9.97. The summed E-state index contributed by atoms with van der Waals surface area (Å²) in [4.78, 5) is 14.6. The molecule has 1 aromatic heterocycles. The van der Waals surface area contributed by atoms with E-state index in [0.717, 1.165) is 19.3 Å². The molecule has 6 nitrogen and oxygen atoms in total. The number of nitrogens with one attached hydrogen (secondary N) is 1. The zero-order chi connectivity index (χ0) is 14.4. The van der Waals surface area contributed by atoms with E-state index in [0.29, 0.717) is 12.4 Å². The third kappa shape index (κ3) is 3.69. The number of pyridine rings is 1. The predicted molar refractivity (Wildman–Crippen MR) is 77.1 cm³/mol. The highest BCUT2D eigenvalue weighted by Gasteiger charge is 2.16. The van der Waals surface area contributed by atoms with Gasteiger partial charge < -0.3 is 10.1 Å². The Labute approximate surface area is 118 Å². The summed E-state index contributed by atoms with van der Waals surface area (Å²) in [5.74, 6) is 0.640. The van der Waals surface area contributed by atoms with Crippen LogP contribution in [-0.2, 0) is 0 Å². The van der Waals surface area contributed by atoms with Gasteiger partial charge in [0.25, 0.3) is 0 Å². The van der Waals surface area contributed by atoms with Crippen LogP contribution < -0.4 is 10.1 Å². The van der Waals surface area contributed by atoms with Crippen molar-refractivity contribution in [1.29, 1.82) is 0 Å². The Morgan fingerprint density at radius 2 is 2.30 bits per heavy atom. The molecule has 108 valence electrons. The first-order valence-electron chi connectivity index (χ1n) is 6.82. The first-order valence-corrected chi connectivity index (χ1v) is 6.82. The first-order chi connectivity index (χ1) is 9.70. The Morgan fingerprint density at radius 3 is 2.95 bits per heavy atom. The molecule has 1 aliphatic rings. The number of methoxy groups -OCH3 is 1. The molecule has 2 rings (SSSR count). The van der Waals surface area contributed by atoms with Crippen LogP contribution in [0.1, 0.15) is 32.1 Å². The monoisotopic (exact) mass is 277 g/mol. The number of rotatable bonds is 6. The van der Waals surface area contributed by atoms with Crippen LogP contribution in [0.4, 0.5) is 11.5 Å². The molecule has 0 spiro atoms. The maximum atomic E-state index is 11.0. The van der Waals surface area contributed by atoms with Gasteiger partial charge in [-0.2, -0.15) is 4.98 Å². The zero-order valence-corrected chi connectivity index (χ0v) is 11.6. The zero-order valence-electron chi connectivity index (χ0n) is 11.6. The fourth-order valence-electron chi connectivity index (χ4n) is 2.30. The third-order valence-electron chi connectivity index (χ3n) is 3.38. The van der Waals surface area contributed by atoms with Crippen molar-refractivity contribution < 1.29 is 9.66 Å². The Balaban J connectivity index is 2.00. The molecule has 0 fully saturated rings. The van der Waals surface area contributed by atoms with Crippen molar-refractivity contribution in [2.24, 2.45) is 0 Å². The Hall–Kier alpha value is -2.11. The van der Waals surface area contributed by atoms with Gasteiger partial charge >= 0.3 is 5.69 Å². The Morgan fingerprint density at radius 1 is 1.45 bits per heavy atom. The van der Waals surface area contributed by atoms with E-state index in [9.17, 15) is 10.1 Å². The van der Waals surface area contributed by atoms with Gasteiger partial charge in [-0.1, -0.05) is 11.6 Å². The molecule has 1 N–H and O–H groups in total. The maximum absolute atomic E-state index is 11.0. The van der Waals surface area contributed by atoms with Crippen LogP contribution in [0.25, 0.3) is 0 Å². The minimum Gasteiger partial charge on any atom is -0.481 e. The fourth-order valence-corrected chi connectivity index (χ4v) is 2.30. The summed E-state index contributed by atoms with van der Waals surface area (Å²) < 4.78 is 5.00. The van der Waals surface area contributed by atoms with Gasteiger partial charge in [0, 0.05) is 18.7 Å². The van der Waals surface area contributed by atoms with Gasteiger partial charge in [-0.25, -0.2) is 0 Å². The number of ether oxygens (including phenoxy) is 1. The van der Waals surface area contributed by atoms with Crippen molar-refractivity contribution in [3.05, 3.63) is 33.9 Å². The molecule has 0 atom stereocenters.